The van der Waals surface area contributed by atoms with E-state index in [1.165, 1.54) is 0 Å². The van der Waals surface area contributed by atoms with Crippen molar-refractivity contribution in [3.05, 3.63) is 30.0 Å². The highest BCUT2D eigenvalue weighted by Crippen LogP contribution is 2.29. The van der Waals surface area contributed by atoms with Gasteiger partial charge in [0.1, 0.15) is 16.5 Å². The summed E-state index contributed by atoms with van der Waals surface area (Å²) in [4.78, 5) is 8.72. The van der Waals surface area contributed by atoms with E-state index in [9.17, 15) is 0 Å². The lowest BCUT2D eigenvalue weighted by Crippen LogP contribution is -2.13. The molecule has 0 unspecified atom stereocenters. The molecule has 0 aliphatic heterocycles. The first-order valence-corrected chi connectivity index (χ1v) is 7.89. The minimum Gasteiger partial charge on any atom is -0.497 e. The Balaban J connectivity index is 2.42. The van der Waals surface area contributed by atoms with Gasteiger partial charge in [-0.25, -0.2) is 4.98 Å². The third-order valence-electron chi connectivity index (χ3n) is 3.02. The van der Waals surface area contributed by atoms with E-state index >= 15 is 0 Å². The Morgan fingerprint density at radius 3 is 2.61 bits per heavy atom. The van der Waals surface area contributed by atoms with Crippen LogP contribution in [0.2, 0.25) is 0 Å². The predicted octanol–water partition coefficient (Wildman–Crippen LogP) is 3.03. The second-order valence-electron chi connectivity index (χ2n) is 5.09. The van der Waals surface area contributed by atoms with Gasteiger partial charge in [-0.15, -0.1) is 0 Å². The lowest BCUT2D eigenvalue weighted by atomic mass is 10.1. The molecule has 0 aliphatic carbocycles. The quantitative estimate of drug-likeness (QED) is 0.663. The van der Waals surface area contributed by atoms with Gasteiger partial charge in [0.05, 0.1) is 25.4 Å². The molecule has 2 rings (SSSR count). The maximum absolute atomic E-state index is 8.20. The molecular formula is C16H20N4O2S. The van der Waals surface area contributed by atoms with Gasteiger partial charge in [-0.3, -0.25) is 10.4 Å². The highest BCUT2D eigenvalue weighted by atomic mass is 32.2. The molecule has 0 saturated carbocycles. The minimum absolute atomic E-state index is 0.0821. The number of aliphatic imine (C=N–C) groups is 1. The fourth-order valence-corrected chi connectivity index (χ4v) is 2.71. The van der Waals surface area contributed by atoms with Gasteiger partial charge in [-0.2, -0.15) is 0 Å². The van der Waals surface area contributed by atoms with Crippen molar-refractivity contribution < 1.29 is 9.47 Å². The van der Waals surface area contributed by atoms with Crippen molar-refractivity contribution in [2.24, 2.45) is 10.7 Å². The number of ether oxygens (including phenoxy) is 2. The highest BCUT2D eigenvalue weighted by molar-refractivity contribution is 8.26. The van der Waals surface area contributed by atoms with E-state index in [1.54, 1.807) is 20.3 Å². The fraction of sp³-hybridized carbons (Fsp3) is 0.312. The molecule has 0 fully saturated rings. The van der Waals surface area contributed by atoms with Crippen molar-refractivity contribution in [3.63, 3.8) is 0 Å². The topological polar surface area (TPSA) is 93.6 Å². The average molecular weight is 332 g/mol. The number of amidine groups is 1. The molecule has 3 N–H and O–H groups in total. The molecule has 0 saturated heterocycles. The van der Waals surface area contributed by atoms with Crippen molar-refractivity contribution in [2.45, 2.75) is 19.9 Å². The molecule has 1 aromatic carbocycles. The average Bonchev–Trinajstić information content (AvgIpc) is 2.52. The van der Waals surface area contributed by atoms with Gasteiger partial charge in [0.25, 0.3) is 0 Å². The van der Waals surface area contributed by atoms with E-state index in [0.29, 0.717) is 27.9 Å². The number of hydrogen-bond donors (Lipinski definition) is 2. The van der Waals surface area contributed by atoms with Crippen LogP contribution in [0.1, 0.15) is 19.5 Å². The smallest absolute Gasteiger partial charge is 0.160 e. The first kappa shape index (κ1) is 17.1. The van der Waals surface area contributed by atoms with Gasteiger partial charge in [0, 0.05) is 23.6 Å². The Labute approximate surface area is 139 Å². The number of aromatic nitrogens is 1. The number of hydrogen-bond acceptors (Lipinski definition) is 6. The second-order valence-corrected chi connectivity index (χ2v) is 6.12. The van der Waals surface area contributed by atoms with E-state index in [-0.39, 0.29) is 11.1 Å². The number of benzene rings is 1. The summed E-state index contributed by atoms with van der Waals surface area (Å²) >= 11 is 1.08. The number of nitrogens with zero attached hydrogens (tertiary/aromatic N) is 2. The van der Waals surface area contributed by atoms with Crippen LogP contribution in [0.15, 0.2) is 29.3 Å². The third-order valence-corrected chi connectivity index (χ3v) is 3.75. The molecule has 0 aliphatic rings. The second kappa shape index (κ2) is 7.32. The first-order chi connectivity index (χ1) is 10.9. The van der Waals surface area contributed by atoms with Crippen LogP contribution in [0.4, 0.5) is 0 Å². The van der Waals surface area contributed by atoms with Gasteiger partial charge in [0.2, 0.25) is 0 Å². The Hall–Kier alpha value is -2.28. The number of nitrogens with one attached hydrogen (secondary N) is 1. The standard InChI is InChI=1S/C16H20N4O2S/c1-9(2)19-16(18)23-15(17)13-8-14(22-4)11-6-5-10(21-3)7-12(11)20-13/h5-9,17H,1-4H3,(H2,18,19). The summed E-state index contributed by atoms with van der Waals surface area (Å²) < 4.78 is 10.6. The van der Waals surface area contributed by atoms with Crippen LogP contribution in [-0.2, 0) is 0 Å². The molecule has 0 bridgehead atoms. The Kier molecular flexibility index (Phi) is 5.44. The van der Waals surface area contributed by atoms with E-state index in [2.05, 4.69) is 9.98 Å². The van der Waals surface area contributed by atoms with Gasteiger partial charge in [0.15, 0.2) is 5.17 Å². The summed E-state index contributed by atoms with van der Waals surface area (Å²) in [7, 11) is 3.19. The number of fused-ring (bicyclic) bond motifs is 1. The number of methoxy groups -OCH3 is 2. The molecule has 2 aromatic rings. The van der Waals surface area contributed by atoms with Crippen LogP contribution in [-0.4, -0.2) is 35.5 Å². The van der Waals surface area contributed by atoms with Crippen molar-refractivity contribution in [1.29, 1.82) is 5.41 Å². The fourth-order valence-electron chi connectivity index (χ4n) is 2.03. The Morgan fingerprint density at radius 1 is 1.26 bits per heavy atom. The summed E-state index contributed by atoms with van der Waals surface area (Å²) in [6.07, 6.45) is 0. The zero-order valence-electron chi connectivity index (χ0n) is 13.6. The predicted molar refractivity (Wildman–Crippen MR) is 96.0 cm³/mol. The molecule has 0 spiro atoms. The molecule has 122 valence electrons. The molecule has 7 heteroatoms. The Bertz CT molecular complexity index is 759. The van der Waals surface area contributed by atoms with Crippen LogP contribution >= 0.6 is 11.8 Å². The first-order valence-electron chi connectivity index (χ1n) is 7.07. The van der Waals surface area contributed by atoms with E-state index in [1.807, 2.05) is 32.0 Å². The molecule has 23 heavy (non-hydrogen) atoms. The van der Waals surface area contributed by atoms with Crippen LogP contribution in [0, 0.1) is 5.41 Å². The number of nitrogens with two attached hydrogens (primary N) is 1. The number of thioether (sulfide) groups is 1. The lowest BCUT2D eigenvalue weighted by molar-refractivity contribution is 0.414. The molecule has 0 amide bonds. The lowest BCUT2D eigenvalue weighted by Gasteiger charge is -2.10. The molecule has 1 heterocycles. The van der Waals surface area contributed by atoms with Crippen molar-refractivity contribution in [3.8, 4) is 11.5 Å². The Morgan fingerprint density at radius 2 is 2.00 bits per heavy atom. The molecule has 0 atom stereocenters. The van der Waals surface area contributed by atoms with Crippen molar-refractivity contribution in [2.75, 3.05) is 14.2 Å². The summed E-state index contributed by atoms with van der Waals surface area (Å²) in [6, 6.07) is 7.35. The number of rotatable bonds is 4. The van der Waals surface area contributed by atoms with Crippen LogP contribution in [0.25, 0.3) is 10.9 Å². The molecular weight excluding hydrogens is 312 g/mol. The monoisotopic (exact) mass is 332 g/mol. The maximum atomic E-state index is 8.20. The SMILES string of the molecule is COc1ccc2c(OC)cc(C(=N)SC(N)=NC(C)C)nc2c1. The van der Waals surface area contributed by atoms with Gasteiger partial charge < -0.3 is 15.2 Å². The molecule has 1 aromatic heterocycles. The highest BCUT2D eigenvalue weighted by Gasteiger charge is 2.13. The van der Waals surface area contributed by atoms with Gasteiger partial charge >= 0.3 is 0 Å². The summed E-state index contributed by atoms with van der Waals surface area (Å²) in [5, 5.41) is 9.62. The normalized spacial score (nSPS) is 11.8. The summed E-state index contributed by atoms with van der Waals surface area (Å²) in [5.74, 6) is 1.35. The summed E-state index contributed by atoms with van der Waals surface area (Å²) in [6.45, 7) is 3.86. The van der Waals surface area contributed by atoms with Crippen molar-refractivity contribution >= 4 is 32.9 Å². The van der Waals surface area contributed by atoms with Crippen LogP contribution in [0.3, 0.4) is 0 Å². The molecule has 0 radical (unpaired) electrons. The van der Waals surface area contributed by atoms with Crippen molar-refractivity contribution in [1.82, 2.24) is 4.98 Å². The number of pyridine rings is 1. The summed E-state index contributed by atoms with van der Waals surface area (Å²) in [5.41, 5.74) is 7.01. The van der Waals surface area contributed by atoms with E-state index < -0.39 is 0 Å². The third kappa shape index (κ3) is 4.13. The van der Waals surface area contributed by atoms with E-state index in [0.717, 1.165) is 17.1 Å². The molecule has 6 nitrogen and oxygen atoms in total. The van der Waals surface area contributed by atoms with Gasteiger partial charge in [-0.05, 0) is 37.7 Å². The van der Waals surface area contributed by atoms with Crippen LogP contribution in [0.5, 0.6) is 11.5 Å². The van der Waals surface area contributed by atoms with E-state index in [4.69, 9.17) is 20.6 Å². The van der Waals surface area contributed by atoms with Crippen LogP contribution < -0.4 is 15.2 Å². The largest absolute Gasteiger partial charge is 0.497 e. The van der Waals surface area contributed by atoms with Gasteiger partial charge in [-0.1, -0.05) is 0 Å². The minimum atomic E-state index is 0.0821. The zero-order chi connectivity index (χ0) is 17.0. The zero-order valence-corrected chi connectivity index (χ0v) is 14.4. The maximum Gasteiger partial charge on any atom is 0.160 e.